The number of fused-ring (bicyclic) bond motifs is 1. The van der Waals surface area contributed by atoms with Crippen LogP contribution in [0.5, 0.6) is 11.5 Å². The van der Waals surface area contributed by atoms with Crippen LogP contribution in [0, 0.1) is 22.8 Å². The maximum atomic E-state index is 9.50. The molecule has 1 fully saturated rings. The predicted molar refractivity (Wildman–Crippen MR) is 123 cm³/mol. The highest BCUT2D eigenvalue weighted by Crippen LogP contribution is 2.45. The van der Waals surface area contributed by atoms with E-state index < -0.39 is 6.04 Å². The fraction of sp³-hybridized carbons (Fsp3) is 0.333. The SMILES string of the molecule is COc1cc(C2N=C(NC#N)Nc3nc(N)c(C#N)c(N)c32)c(Br)cc1OC1CCCC1. The lowest BCUT2D eigenvalue weighted by Gasteiger charge is -2.27. The highest BCUT2D eigenvalue weighted by atomic mass is 79.9. The fourth-order valence-electron chi connectivity index (χ4n) is 4.00. The van der Waals surface area contributed by atoms with Gasteiger partial charge in [-0.15, -0.1) is 0 Å². The van der Waals surface area contributed by atoms with Gasteiger partial charge in [0, 0.05) is 10.0 Å². The predicted octanol–water partition coefficient (Wildman–Crippen LogP) is 3.15. The number of benzene rings is 1. The topological polar surface area (TPSA) is 167 Å². The van der Waals surface area contributed by atoms with E-state index in [9.17, 15) is 5.26 Å². The van der Waals surface area contributed by atoms with E-state index in [4.69, 9.17) is 26.2 Å². The molecule has 2 aromatic rings. The molecule has 6 N–H and O–H groups in total. The van der Waals surface area contributed by atoms with Crippen molar-refractivity contribution in [2.24, 2.45) is 4.99 Å². The van der Waals surface area contributed by atoms with Crippen molar-refractivity contribution >= 4 is 39.2 Å². The highest BCUT2D eigenvalue weighted by Gasteiger charge is 2.32. The lowest BCUT2D eigenvalue weighted by molar-refractivity contribution is 0.200. The Morgan fingerprint density at radius 3 is 2.62 bits per heavy atom. The highest BCUT2D eigenvalue weighted by molar-refractivity contribution is 9.10. The van der Waals surface area contributed by atoms with Crippen molar-refractivity contribution < 1.29 is 9.47 Å². The summed E-state index contributed by atoms with van der Waals surface area (Å²) in [5, 5.41) is 24.0. The van der Waals surface area contributed by atoms with E-state index in [2.05, 4.69) is 36.5 Å². The van der Waals surface area contributed by atoms with Crippen molar-refractivity contribution in [2.75, 3.05) is 23.9 Å². The van der Waals surface area contributed by atoms with Crippen LogP contribution in [0.3, 0.4) is 0 Å². The normalized spacial score (nSPS) is 17.4. The Labute approximate surface area is 193 Å². The Balaban J connectivity index is 1.85. The van der Waals surface area contributed by atoms with Crippen LogP contribution in [0.1, 0.15) is 48.4 Å². The number of nitrogens with two attached hydrogens (primary N) is 2. The summed E-state index contributed by atoms with van der Waals surface area (Å²) in [7, 11) is 1.57. The van der Waals surface area contributed by atoms with Crippen molar-refractivity contribution in [3.8, 4) is 23.8 Å². The maximum absolute atomic E-state index is 9.50. The van der Waals surface area contributed by atoms with Gasteiger partial charge in [-0.05, 0) is 43.4 Å². The largest absolute Gasteiger partial charge is 0.493 e. The molecule has 2 aliphatic rings. The first-order chi connectivity index (χ1) is 15.5. The third-order valence-corrected chi connectivity index (χ3v) is 6.22. The van der Waals surface area contributed by atoms with Gasteiger partial charge in [-0.3, -0.25) is 5.32 Å². The second-order valence-corrected chi connectivity index (χ2v) is 8.31. The number of anilines is 3. The molecular formula is C21H21BrN8O2. The van der Waals surface area contributed by atoms with Crippen LogP contribution in [-0.4, -0.2) is 24.2 Å². The minimum absolute atomic E-state index is 0.00911. The fourth-order valence-corrected chi connectivity index (χ4v) is 4.54. The summed E-state index contributed by atoms with van der Waals surface area (Å²) in [6, 6.07) is 4.96. The molecule has 1 atom stereocenters. The van der Waals surface area contributed by atoms with E-state index in [0.717, 1.165) is 25.7 Å². The first-order valence-electron chi connectivity index (χ1n) is 9.99. The summed E-state index contributed by atoms with van der Waals surface area (Å²) >= 11 is 3.62. The number of nitriles is 2. The van der Waals surface area contributed by atoms with Crippen LogP contribution in [0.25, 0.3) is 0 Å². The molecule has 10 nitrogen and oxygen atoms in total. The van der Waals surface area contributed by atoms with E-state index >= 15 is 0 Å². The van der Waals surface area contributed by atoms with Gasteiger partial charge in [-0.2, -0.15) is 10.5 Å². The number of nitrogens with zero attached hydrogens (tertiary/aromatic N) is 4. The summed E-state index contributed by atoms with van der Waals surface area (Å²) < 4.78 is 12.5. The monoisotopic (exact) mass is 496 g/mol. The molecule has 0 amide bonds. The zero-order chi connectivity index (χ0) is 22.8. The first-order valence-corrected chi connectivity index (χ1v) is 10.8. The molecule has 0 radical (unpaired) electrons. The number of ether oxygens (including phenoxy) is 2. The van der Waals surface area contributed by atoms with Gasteiger partial charge in [0.15, 0.2) is 17.7 Å². The maximum Gasteiger partial charge on any atom is 0.211 e. The molecule has 1 aromatic carbocycles. The molecule has 0 spiro atoms. The molecule has 4 rings (SSSR count). The van der Waals surface area contributed by atoms with Crippen LogP contribution in [0.15, 0.2) is 21.6 Å². The van der Waals surface area contributed by atoms with Crippen LogP contribution in [0.2, 0.25) is 0 Å². The van der Waals surface area contributed by atoms with Gasteiger partial charge in [0.25, 0.3) is 0 Å². The first kappa shape index (κ1) is 21.5. The molecule has 11 heteroatoms. The van der Waals surface area contributed by atoms with Crippen LogP contribution in [0.4, 0.5) is 17.3 Å². The summed E-state index contributed by atoms with van der Waals surface area (Å²) in [6.07, 6.45) is 6.32. The van der Waals surface area contributed by atoms with E-state index in [1.165, 1.54) is 0 Å². The van der Waals surface area contributed by atoms with Gasteiger partial charge >= 0.3 is 0 Å². The van der Waals surface area contributed by atoms with Gasteiger partial charge in [0.05, 0.1) is 18.9 Å². The quantitative estimate of drug-likeness (QED) is 0.366. The van der Waals surface area contributed by atoms with Crippen molar-refractivity contribution in [2.45, 2.75) is 37.8 Å². The van der Waals surface area contributed by atoms with Crippen LogP contribution >= 0.6 is 15.9 Å². The average Bonchev–Trinajstić information content (AvgIpc) is 3.27. The third-order valence-electron chi connectivity index (χ3n) is 5.53. The van der Waals surface area contributed by atoms with Gasteiger partial charge in [0.2, 0.25) is 5.96 Å². The molecule has 2 heterocycles. The van der Waals surface area contributed by atoms with Gasteiger partial charge in [-0.25, -0.2) is 9.98 Å². The molecule has 32 heavy (non-hydrogen) atoms. The van der Waals surface area contributed by atoms with Crippen molar-refractivity contribution in [1.82, 2.24) is 10.3 Å². The van der Waals surface area contributed by atoms with Crippen LogP contribution in [-0.2, 0) is 0 Å². The Morgan fingerprint density at radius 2 is 1.97 bits per heavy atom. The number of hydrogen-bond acceptors (Lipinski definition) is 10. The number of pyridine rings is 1. The molecule has 0 saturated heterocycles. The Hall–Kier alpha value is -3.70. The standard InChI is InChI=1S/C21H21BrN8O2/c1-31-14-6-11(13(22)7-15(14)32-10-4-2-3-5-10)18-16-17(25)12(8-23)19(26)29-20(16)30-21(28-18)27-9-24/h6-7,10,18H,2-5H2,1H3,(H6,25,26,27,28,29,30). The summed E-state index contributed by atoms with van der Waals surface area (Å²) in [5.41, 5.74) is 13.6. The van der Waals surface area contributed by atoms with E-state index in [1.54, 1.807) is 7.11 Å². The Kier molecular flexibility index (Phi) is 5.93. The van der Waals surface area contributed by atoms with Crippen LogP contribution < -0.4 is 31.6 Å². The summed E-state index contributed by atoms with van der Waals surface area (Å²) in [6.45, 7) is 0. The number of guanidine groups is 1. The van der Waals surface area contributed by atoms with Crippen molar-refractivity contribution in [1.29, 1.82) is 10.5 Å². The number of halogens is 1. The van der Waals surface area contributed by atoms with Crippen molar-refractivity contribution in [3.05, 3.63) is 33.3 Å². The van der Waals surface area contributed by atoms with Gasteiger partial charge in [0.1, 0.15) is 29.3 Å². The molecule has 0 bridgehead atoms. The lowest BCUT2D eigenvalue weighted by atomic mass is 9.95. The number of rotatable bonds is 4. The van der Waals surface area contributed by atoms with Gasteiger partial charge in [-0.1, -0.05) is 15.9 Å². The molecule has 1 saturated carbocycles. The average molecular weight is 497 g/mol. The molecule has 1 aromatic heterocycles. The number of methoxy groups -OCH3 is 1. The molecule has 1 aliphatic carbocycles. The van der Waals surface area contributed by atoms with E-state index in [0.29, 0.717) is 32.9 Å². The Morgan fingerprint density at radius 1 is 1.22 bits per heavy atom. The molecule has 164 valence electrons. The molecule has 1 unspecified atom stereocenters. The smallest absolute Gasteiger partial charge is 0.211 e. The minimum atomic E-state index is -0.689. The van der Waals surface area contributed by atoms with E-state index in [1.807, 2.05) is 24.4 Å². The molecular weight excluding hydrogens is 476 g/mol. The number of aromatic nitrogens is 1. The Bertz CT molecular complexity index is 1180. The molecule has 1 aliphatic heterocycles. The third kappa shape index (κ3) is 3.83. The van der Waals surface area contributed by atoms with Gasteiger partial charge < -0.3 is 26.3 Å². The zero-order valence-corrected chi connectivity index (χ0v) is 18.9. The number of nitrogen functional groups attached to an aromatic ring is 2. The second-order valence-electron chi connectivity index (χ2n) is 7.45. The second kappa shape index (κ2) is 8.81. The number of aliphatic imine (C=N–C) groups is 1. The van der Waals surface area contributed by atoms with Crippen molar-refractivity contribution in [3.63, 3.8) is 0 Å². The van der Waals surface area contributed by atoms with E-state index in [-0.39, 0.29) is 29.1 Å². The summed E-state index contributed by atoms with van der Waals surface area (Å²) in [5.74, 6) is 1.66. The lowest BCUT2D eigenvalue weighted by Crippen LogP contribution is -2.32. The zero-order valence-electron chi connectivity index (χ0n) is 17.3. The number of nitrogens with one attached hydrogen (secondary N) is 2. The number of hydrogen-bond donors (Lipinski definition) is 4. The minimum Gasteiger partial charge on any atom is -0.493 e. The summed E-state index contributed by atoms with van der Waals surface area (Å²) in [4.78, 5) is 8.87.